The van der Waals surface area contributed by atoms with E-state index in [1.54, 1.807) is 6.92 Å². The van der Waals surface area contributed by atoms with Crippen LogP contribution in [0.3, 0.4) is 0 Å². The molecule has 2 aromatic carbocycles. The third-order valence-corrected chi connectivity index (χ3v) is 5.32. The van der Waals surface area contributed by atoms with Crippen LogP contribution >= 0.6 is 0 Å². The van der Waals surface area contributed by atoms with Crippen molar-refractivity contribution in [3.05, 3.63) is 53.1 Å². The molecule has 0 aromatic heterocycles. The number of carbonyl (C=O) groups is 1. The molecule has 0 heterocycles. The van der Waals surface area contributed by atoms with Crippen molar-refractivity contribution in [3.8, 4) is 5.75 Å². The molecule has 0 atom stereocenters. The van der Waals surface area contributed by atoms with Crippen molar-refractivity contribution in [2.45, 2.75) is 25.7 Å². The molecule has 0 saturated heterocycles. The lowest BCUT2D eigenvalue weighted by Crippen LogP contribution is -2.24. The molecule has 0 bridgehead atoms. The van der Waals surface area contributed by atoms with E-state index in [0.717, 1.165) is 11.1 Å². The van der Waals surface area contributed by atoms with Crippen LogP contribution in [-0.4, -0.2) is 28.0 Å². The fraction of sp³-hybridized carbons (Fsp3) is 0.278. The second-order valence-electron chi connectivity index (χ2n) is 5.58. The Labute approximate surface area is 148 Å². The Morgan fingerprint density at radius 3 is 2.32 bits per heavy atom. The molecule has 0 radical (unpaired) electrons. The number of para-hydroxylation sites is 1. The standard InChI is InChI=1S/C18H22N2O4S/c1-5-19-25(22,23)14-9-10-16(24-4)15(11-14)18(21)20-17-12(2)7-6-8-13(17)3/h6-11,19H,5H2,1-4H3,(H,20,21). The predicted octanol–water partition coefficient (Wildman–Crippen LogP) is 2.86. The SMILES string of the molecule is CCNS(=O)(=O)c1ccc(OC)c(C(=O)Nc2c(C)cccc2C)c1. The van der Waals surface area contributed by atoms with E-state index in [4.69, 9.17) is 4.74 Å². The van der Waals surface area contributed by atoms with E-state index < -0.39 is 15.9 Å². The summed E-state index contributed by atoms with van der Waals surface area (Å²) in [5.74, 6) is -0.123. The Morgan fingerprint density at radius 2 is 1.76 bits per heavy atom. The van der Waals surface area contributed by atoms with Crippen molar-refractivity contribution >= 4 is 21.6 Å². The van der Waals surface area contributed by atoms with Gasteiger partial charge in [0.1, 0.15) is 5.75 Å². The number of hydrogen-bond donors (Lipinski definition) is 2. The smallest absolute Gasteiger partial charge is 0.259 e. The molecular weight excluding hydrogens is 340 g/mol. The lowest BCUT2D eigenvalue weighted by molar-refractivity contribution is 0.102. The number of benzene rings is 2. The van der Waals surface area contributed by atoms with Gasteiger partial charge < -0.3 is 10.1 Å². The van der Waals surface area contributed by atoms with Crippen LogP contribution in [0.5, 0.6) is 5.75 Å². The van der Waals surface area contributed by atoms with Gasteiger partial charge in [-0.3, -0.25) is 4.79 Å². The van der Waals surface area contributed by atoms with E-state index in [2.05, 4.69) is 10.0 Å². The second kappa shape index (κ2) is 7.67. The highest BCUT2D eigenvalue weighted by atomic mass is 32.2. The molecule has 7 heteroatoms. The van der Waals surface area contributed by atoms with Crippen molar-refractivity contribution in [1.29, 1.82) is 0 Å². The number of carbonyl (C=O) groups excluding carboxylic acids is 1. The molecule has 0 aliphatic heterocycles. The monoisotopic (exact) mass is 362 g/mol. The van der Waals surface area contributed by atoms with Gasteiger partial charge in [0.15, 0.2) is 0 Å². The van der Waals surface area contributed by atoms with Gasteiger partial charge in [-0.05, 0) is 43.2 Å². The minimum absolute atomic E-state index is 0.0156. The molecule has 0 aliphatic carbocycles. The Hall–Kier alpha value is -2.38. The summed E-state index contributed by atoms with van der Waals surface area (Å²) in [7, 11) is -2.23. The molecule has 0 unspecified atom stereocenters. The zero-order chi connectivity index (χ0) is 18.6. The van der Waals surface area contributed by atoms with E-state index in [9.17, 15) is 13.2 Å². The van der Waals surface area contributed by atoms with E-state index in [1.165, 1.54) is 25.3 Å². The highest BCUT2D eigenvalue weighted by molar-refractivity contribution is 7.89. The van der Waals surface area contributed by atoms with E-state index in [0.29, 0.717) is 11.4 Å². The first-order chi connectivity index (χ1) is 11.8. The number of rotatable bonds is 6. The molecule has 0 fully saturated rings. The van der Waals surface area contributed by atoms with Crippen molar-refractivity contribution < 1.29 is 17.9 Å². The normalized spacial score (nSPS) is 11.2. The molecule has 6 nitrogen and oxygen atoms in total. The molecule has 0 spiro atoms. The van der Waals surface area contributed by atoms with Crippen LogP contribution in [0.2, 0.25) is 0 Å². The lowest BCUT2D eigenvalue weighted by Gasteiger charge is -2.14. The van der Waals surface area contributed by atoms with Gasteiger partial charge >= 0.3 is 0 Å². The highest BCUT2D eigenvalue weighted by Gasteiger charge is 2.20. The summed E-state index contributed by atoms with van der Waals surface area (Å²) in [6.45, 7) is 5.74. The first-order valence-corrected chi connectivity index (χ1v) is 9.33. The van der Waals surface area contributed by atoms with Crippen molar-refractivity contribution in [3.63, 3.8) is 0 Å². The number of amides is 1. The van der Waals surface area contributed by atoms with Crippen LogP contribution in [0.25, 0.3) is 0 Å². The van der Waals surface area contributed by atoms with E-state index >= 15 is 0 Å². The number of hydrogen-bond acceptors (Lipinski definition) is 4. The number of anilines is 1. The topological polar surface area (TPSA) is 84.5 Å². The van der Waals surface area contributed by atoms with Crippen LogP contribution in [-0.2, 0) is 10.0 Å². The number of sulfonamides is 1. The van der Waals surface area contributed by atoms with Crippen LogP contribution in [0.1, 0.15) is 28.4 Å². The fourth-order valence-electron chi connectivity index (χ4n) is 2.50. The maximum atomic E-state index is 12.7. The molecule has 2 rings (SSSR count). The van der Waals surface area contributed by atoms with Crippen LogP contribution < -0.4 is 14.8 Å². The zero-order valence-electron chi connectivity index (χ0n) is 14.7. The average molecular weight is 362 g/mol. The number of methoxy groups -OCH3 is 1. The minimum atomic E-state index is -3.67. The minimum Gasteiger partial charge on any atom is -0.496 e. The average Bonchev–Trinajstić information content (AvgIpc) is 2.57. The third kappa shape index (κ3) is 4.18. The van der Waals surface area contributed by atoms with Crippen LogP contribution in [0, 0.1) is 13.8 Å². The van der Waals surface area contributed by atoms with Gasteiger partial charge in [0.2, 0.25) is 10.0 Å². The van der Waals surface area contributed by atoms with Gasteiger partial charge in [0.25, 0.3) is 5.91 Å². The summed E-state index contributed by atoms with van der Waals surface area (Å²) in [6, 6.07) is 9.90. The summed E-state index contributed by atoms with van der Waals surface area (Å²) < 4.78 is 32.0. The second-order valence-corrected chi connectivity index (χ2v) is 7.35. The molecular formula is C18H22N2O4S. The van der Waals surface area contributed by atoms with Gasteiger partial charge in [-0.2, -0.15) is 0 Å². The molecule has 0 aliphatic rings. The number of ether oxygens (including phenoxy) is 1. The Balaban J connectivity index is 2.44. The molecule has 134 valence electrons. The molecule has 2 N–H and O–H groups in total. The first-order valence-electron chi connectivity index (χ1n) is 7.85. The number of nitrogens with one attached hydrogen (secondary N) is 2. The Morgan fingerprint density at radius 1 is 1.12 bits per heavy atom. The van der Waals surface area contributed by atoms with E-state index in [1.807, 2.05) is 32.0 Å². The summed E-state index contributed by atoms with van der Waals surface area (Å²) in [5.41, 5.74) is 2.70. The van der Waals surface area contributed by atoms with Gasteiger partial charge in [0, 0.05) is 12.2 Å². The van der Waals surface area contributed by atoms with Crippen molar-refractivity contribution in [2.75, 3.05) is 19.0 Å². The summed E-state index contributed by atoms with van der Waals surface area (Å²) in [5, 5.41) is 2.85. The number of aryl methyl sites for hydroxylation is 2. The van der Waals surface area contributed by atoms with Crippen LogP contribution in [0.4, 0.5) is 5.69 Å². The Kier molecular flexibility index (Phi) is 5.81. The Bertz CT molecular complexity index is 872. The molecule has 25 heavy (non-hydrogen) atoms. The first kappa shape index (κ1) is 19.0. The summed E-state index contributed by atoms with van der Waals surface area (Å²) in [6.07, 6.45) is 0. The summed E-state index contributed by atoms with van der Waals surface area (Å²) >= 11 is 0. The maximum Gasteiger partial charge on any atom is 0.259 e. The van der Waals surface area contributed by atoms with Crippen molar-refractivity contribution in [2.24, 2.45) is 0 Å². The maximum absolute atomic E-state index is 12.7. The third-order valence-electron chi connectivity index (χ3n) is 3.78. The van der Waals surface area contributed by atoms with Gasteiger partial charge in [0.05, 0.1) is 17.6 Å². The molecule has 1 amide bonds. The summed E-state index contributed by atoms with van der Waals surface area (Å²) in [4.78, 5) is 12.7. The van der Waals surface area contributed by atoms with E-state index in [-0.39, 0.29) is 17.0 Å². The van der Waals surface area contributed by atoms with Gasteiger partial charge in [-0.1, -0.05) is 25.1 Å². The largest absolute Gasteiger partial charge is 0.496 e. The van der Waals surface area contributed by atoms with Crippen LogP contribution in [0.15, 0.2) is 41.3 Å². The zero-order valence-corrected chi connectivity index (χ0v) is 15.5. The van der Waals surface area contributed by atoms with Gasteiger partial charge in [-0.15, -0.1) is 0 Å². The molecule has 2 aromatic rings. The lowest BCUT2D eigenvalue weighted by atomic mass is 10.1. The van der Waals surface area contributed by atoms with Crippen molar-refractivity contribution in [1.82, 2.24) is 4.72 Å². The quantitative estimate of drug-likeness (QED) is 0.827. The predicted molar refractivity (Wildman–Crippen MR) is 97.7 cm³/mol. The van der Waals surface area contributed by atoms with Gasteiger partial charge in [-0.25, -0.2) is 13.1 Å². The highest BCUT2D eigenvalue weighted by Crippen LogP contribution is 2.25. The molecule has 0 saturated carbocycles. The fourth-order valence-corrected chi connectivity index (χ4v) is 3.56.